The number of hydrogen-bond acceptors (Lipinski definition) is 6. The van der Waals surface area contributed by atoms with E-state index in [4.69, 9.17) is 4.74 Å². The van der Waals surface area contributed by atoms with Crippen molar-refractivity contribution in [1.82, 2.24) is 14.8 Å². The second-order valence-corrected chi connectivity index (χ2v) is 9.86. The zero-order valence-electron chi connectivity index (χ0n) is 18.8. The Hall–Kier alpha value is -2.52. The van der Waals surface area contributed by atoms with Crippen molar-refractivity contribution in [2.75, 3.05) is 32.8 Å². The van der Waals surface area contributed by atoms with Crippen LogP contribution in [0.2, 0.25) is 0 Å². The quantitative estimate of drug-likeness (QED) is 0.581. The van der Waals surface area contributed by atoms with Crippen LogP contribution < -0.4 is 0 Å². The Kier molecular flexibility index (Phi) is 7.93. The highest BCUT2D eigenvalue weighted by molar-refractivity contribution is 7.20. The number of benzene rings is 1. The predicted molar refractivity (Wildman–Crippen MR) is 126 cm³/mol. The summed E-state index contributed by atoms with van der Waals surface area (Å²) in [4.78, 5) is 44.4. The number of carboxylic acid groups (broad SMARTS) is 1. The molecule has 2 aliphatic rings. The van der Waals surface area contributed by atoms with Crippen molar-refractivity contribution in [3.05, 3.63) is 29.3 Å². The van der Waals surface area contributed by atoms with E-state index in [1.54, 1.807) is 0 Å². The maximum atomic E-state index is 12.8. The van der Waals surface area contributed by atoms with E-state index >= 15 is 0 Å². The monoisotopic (exact) mass is 473 g/mol. The number of hydrogen-bond donors (Lipinski definition) is 1. The fraction of sp³-hybridized carbons (Fsp3) is 0.583. The first kappa shape index (κ1) is 23.6. The Morgan fingerprint density at radius 3 is 2.64 bits per heavy atom. The summed E-state index contributed by atoms with van der Waals surface area (Å²) >= 11 is 1.32. The molecule has 178 valence electrons. The number of nitrogens with zero attached hydrogens (tertiary/aromatic N) is 3. The number of thiazole rings is 1. The zero-order valence-corrected chi connectivity index (χ0v) is 19.6. The molecular formula is C24H31N3O5S. The van der Waals surface area contributed by atoms with E-state index in [9.17, 15) is 19.5 Å². The van der Waals surface area contributed by atoms with Gasteiger partial charge in [0.25, 0.3) is 0 Å². The average Bonchev–Trinajstić information content (AvgIpc) is 3.28. The number of fused-ring (bicyclic) bond motifs is 1. The van der Waals surface area contributed by atoms with Crippen LogP contribution in [0.25, 0.3) is 10.2 Å². The summed E-state index contributed by atoms with van der Waals surface area (Å²) < 4.78 is 6.88. The number of aromatic nitrogens is 1. The van der Waals surface area contributed by atoms with Gasteiger partial charge in [0.1, 0.15) is 0 Å². The van der Waals surface area contributed by atoms with Crippen molar-refractivity contribution in [3.63, 3.8) is 0 Å². The lowest BCUT2D eigenvalue weighted by molar-refractivity contribution is -0.141. The largest absolute Gasteiger partial charge is 0.465 e. The number of ketones is 1. The molecule has 33 heavy (non-hydrogen) atoms. The maximum absolute atomic E-state index is 12.8. The van der Waals surface area contributed by atoms with E-state index in [0.717, 1.165) is 28.0 Å². The topological polar surface area (TPSA) is 100 Å². The van der Waals surface area contributed by atoms with Crippen LogP contribution in [0.4, 0.5) is 4.79 Å². The smallest absolute Gasteiger partial charge is 0.407 e. The summed E-state index contributed by atoms with van der Waals surface area (Å²) in [6.07, 6.45) is 5.15. The molecule has 4 rings (SSSR count). The molecule has 1 aromatic heterocycles. The lowest BCUT2D eigenvalue weighted by atomic mass is 9.84. The van der Waals surface area contributed by atoms with E-state index in [2.05, 4.69) is 4.98 Å². The van der Waals surface area contributed by atoms with Gasteiger partial charge in [-0.2, -0.15) is 0 Å². The summed E-state index contributed by atoms with van der Waals surface area (Å²) in [5.74, 6) is 0.276. The number of amides is 2. The van der Waals surface area contributed by atoms with Gasteiger partial charge in [-0.25, -0.2) is 9.78 Å². The Labute approximate surface area is 197 Å². The van der Waals surface area contributed by atoms with Gasteiger partial charge in [0.2, 0.25) is 5.91 Å². The minimum absolute atomic E-state index is 0.0433. The summed E-state index contributed by atoms with van der Waals surface area (Å²) in [7, 11) is 0. The van der Waals surface area contributed by atoms with Crippen LogP contribution in [0.5, 0.6) is 0 Å². The van der Waals surface area contributed by atoms with E-state index < -0.39 is 6.09 Å². The van der Waals surface area contributed by atoms with Crippen LogP contribution in [-0.4, -0.2) is 76.6 Å². The zero-order chi connectivity index (χ0) is 23.2. The van der Waals surface area contributed by atoms with Gasteiger partial charge in [-0.3, -0.25) is 9.59 Å². The van der Waals surface area contributed by atoms with E-state index in [1.807, 2.05) is 29.2 Å². The SMILES string of the molecule is O=C(CCN(CCC(=O)N1CCOC(C2CCCCC2)C1)C(=O)O)c1nc2ccccc2s1. The summed E-state index contributed by atoms with van der Waals surface area (Å²) in [5, 5.41) is 9.95. The van der Waals surface area contributed by atoms with Crippen LogP contribution in [0.3, 0.4) is 0 Å². The molecule has 1 saturated carbocycles. The van der Waals surface area contributed by atoms with Crippen LogP contribution >= 0.6 is 11.3 Å². The minimum atomic E-state index is -1.12. The van der Waals surface area contributed by atoms with Gasteiger partial charge in [0.05, 0.1) is 22.9 Å². The molecule has 1 saturated heterocycles. The van der Waals surface area contributed by atoms with Crippen LogP contribution in [0, 0.1) is 5.92 Å². The van der Waals surface area contributed by atoms with Crippen LogP contribution in [0.15, 0.2) is 24.3 Å². The number of ether oxygens (including phenoxy) is 1. The van der Waals surface area contributed by atoms with Crippen molar-refractivity contribution in [2.45, 2.75) is 51.0 Å². The number of rotatable bonds is 8. The van der Waals surface area contributed by atoms with Gasteiger partial charge >= 0.3 is 6.09 Å². The molecule has 1 atom stereocenters. The van der Waals surface area contributed by atoms with Crippen molar-refractivity contribution in [3.8, 4) is 0 Å². The third kappa shape index (κ3) is 6.09. The Morgan fingerprint density at radius 1 is 1.12 bits per heavy atom. The van der Waals surface area contributed by atoms with E-state index in [1.165, 1.54) is 30.6 Å². The molecule has 2 heterocycles. The molecule has 0 spiro atoms. The van der Waals surface area contributed by atoms with Gasteiger partial charge in [-0.15, -0.1) is 11.3 Å². The van der Waals surface area contributed by atoms with Crippen molar-refractivity contribution < 1.29 is 24.2 Å². The highest BCUT2D eigenvalue weighted by atomic mass is 32.1. The lowest BCUT2D eigenvalue weighted by Gasteiger charge is -2.38. The number of Topliss-reactive ketones (excluding diaryl/α,β-unsaturated/α-hetero) is 1. The molecule has 1 aliphatic carbocycles. The van der Waals surface area contributed by atoms with Crippen molar-refractivity contribution in [1.29, 1.82) is 0 Å². The van der Waals surface area contributed by atoms with Gasteiger partial charge in [-0.05, 0) is 30.9 Å². The molecule has 8 nitrogen and oxygen atoms in total. The fourth-order valence-electron chi connectivity index (χ4n) is 4.72. The molecule has 1 unspecified atom stereocenters. The molecule has 2 amide bonds. The molecule has 2 aromatic rings. The second-order valence-electron chi connectivity index (χ2n) is 8.83. The molecule has 9 heteroatoms. The molecule has 1 N–H and O–H groups in total. The molecular weight excluding hydrogens is 442 g/mol. The Bertz CT molecular complexity index is 954. The second kappa shape index (κ2) is 11.1. The first-order valence-electron chi connectivity index (χ1n) is 11.8. The Balaban J connectivity index is 1.26. The minimum Gasteiger partial charge on any atom is -0.465 e. The average molecular weight is 474 g/mol. The van der Waals surface area contributed by atoms with Gasteiger partial charge in [-0.1, -0.05) is 31.4 Å². The van der Waals surface area contributed by atoms with E-state index in [0.29, 0.717) is 30.6 Å². The first-order valence-corrected chi connectivity index (χ1v) is 12.6. The maximum Gasteiger partial charge on any atom is 0.407 e. The Morgan fingerprint density at radius 2 is 1.88 bits per heavy atom. The molecule has 2 fully saturated rings. The van der Waals surface area contributed by atoms with Crippen LogP contribution in [-0.2, 0) is 9.53 Å². The fourth-order valence-corrected chi connectivity index (χ4v) is 5.65. The van der Waals surface area contributed by atoms with Crippen molar-refractivity contribution in [2.24, 2.45) is 5.92 Å². The summed E-state index contributed by atoms with van der Waals surface area (Å²) in [6.45, 7) is 1.79. The standard InChI is InChI=1S/C24H31N3O5S/c28-19(23-25-18-8-4-5-9-21(18)33-23)10-12-26(24(30)31)13-11-22(29)27-14-15-32-20(16-27)17-6-2-1-3-7-17/h4-5,8-9,17,20H,1-3,6-7,10-16H2,(H,30,31). The van der Waals surface area contributed by atoms with Crippen molar-refractivity contribution >= 4 is 39.3 Å². The molecule has 1 aromatic carbocycles. The number of para-hydroxylation sites is 1. The summed E-state index contributed by atoms with van der Waals surface area (Å²) in [6, 6.07) is 7.51. The normalized spacial score (nSPS) is 19.5. The highest BCUT2D eigenvalue weighted by Crippen LogP contribution is 2.29. The molecule has 0 bridgehead atoms. The van der Waals surface area contributed by atoms with Gasteiger partial charge < -0.3 is 19.6 Å². The summed E-state index contributed by atoms with van der Waals surface area (Å²) in [5.41, 5.74) is 0.767. The first-order chi connectivity index (χ1) is 16.0. The van der Waals surface area contributed by atoms with Gasteiger partial charge in [0, 0.05) is 39.0 Å². The predicted octanol–water partition coefficient (Wildman–Crippen LogP) is 4.05. The van der Waals surface area contributed by atoms with Gasteiger partial charge in [0.15, 0.2) is 10.8 Å². The van der Waals surface area contributed by atoms with Crippen LogP contribution in [0.1, 0.15) is 54.7 Å². The third-order valence-electron chi connectivity index (χ3n) is 6.63. The lowest BCUT2D eigenvalue weighted by Crippen LogP contribution is -2.49. The third-order valence-corrected chi connectivity index (χ3v) is 7.71. The number of morpholine rings is 1. The number of carbonyl (C=O) groups excluding carboxylic acids is 2. The molecule has 1 aliphatic heterocycles. The highest BCUT2D eigenvalue weighted by Gasteiger charge is 2.31. The molecule has 0 radical (unpaired) electrons. The number of carbonyl (C=O) groups is 3. The van der Waals surface area contributed by atoms with E-state index in [-0.39, 0.29) is 43.7 Å².